The summed E-state index contributed by atoms with van der Waals surface area (Å²) in [6.45, 7) is 3.63. The Balaban J connectivity index is 1.46. The number of amides is 1. The van der Waals surface area contributed by atoms with Crippen LogP contribution in [0, 0.1) is 13.8 Å². The van der Waals surface area contributed by atoms with Crippen LogP contribution in [0.2, 0.25) is 10.0 Å². The summed E-state index contributed by atoms with van der Waals surface area (Å²) in [5.41, 5.74) is 2.60. The average molecular weight is 478 g/mol. The number of halogens is 2. The fourth-order valence-corrected chi connectivity index (χ4v) is 3.99. The van der Waals surface area contributed by atoms with Gasteiger partial charge in [-0.15, -0.1) is 0 Å². The molecule has 0 aliphatic heterocycles. The number of hydrogen-bond acceptors (Lipinski definition) is 5. The second-order valence-corrected chi connectivity index (χ2v) is 8.26. The third-order valence-corrected chi connectivity index (χ3v) is 5.60. The molecule has 4 heterocycles. The number of nitrogens with zero attached hydrogens (tertiary/aromatic N) is 6. The van der Waals surface area contributed by atoms with Crippen molar-refractivity contribution < 1.29 is 4.79 Å². The number of fused-ring (bicyclic) bond motifs is 1. The SMILES string of the molecule is Cc1cc(NC(=O)c2cnn(-c3ccc4ccccc4n3)c2C)n(-c2ncc(Cl)cc2Cl)n1. The van der Waals surface area contributed by atoms with Crippen molar-refractivity contribution in [2.75, 3.05) is 5.32 Å². The predicted octanol–water partition coefficient (Wildman–Crippen LogP) is 5.18. The number of aryl methyl sites for hydroxylation is 1. The molecular formula is C23H17Cl2N7O. The van der Waals surface area contributed by atoms with E-state index < -0.39 is 0 Å². The van der Waals surface area contributed by atoms with E-state index in [1.807, 2.05) is 50.2 Å². The van der Waals surface area contributed by atoms with E-state index in [-0.39, 0.29) is 5.91 Å². The van der Waals surface area contributed by atoms with Gasteiger partial charge in [-0.05, 0) is 38.1 Å². The Labute approximate surface area is 198 Å². The van der Waals surface area contributed by atoms with Crippen LogP contribution in [-0.4, -0.2) is 35.4 Å². The Bertz CT molecular complexity index is 1520. The topological polar surface area (TPSA) is 90.5 Å². The van der Waals surface area contributed by atoms with E-state index in [1.165, 1.54) is 17.1 Å². The number of carbonyl (C=O) groups is 1. The molecule has 5 aromatic rings. The summed E-state index contributed by atoms with van der Waals surface area (Å²) in [6.07, 6.45) is 2.98. The van der Waals surface area contributed by atoms with Gasteiger partial charge < -0.3 is 5.32 Å². The highest BCUT2D eigenvalue weighted by atomic mass is 35.5. The third-order valence-electron chi connectivity index (χ3n) is 5.12. The van der Waals surface area contributed by atoms with Crippen LogP contribution in [0.4, 0.5) is 5.82 Å². The van der Waals surface area contributed by atoms with E-state index in [9.17, 15) is 4.79 Å². The van der Waals surface area contributed by atoms with Crippen molar-refractivity contribution in [2.24, 2.45) is 0 Å². The summed E-state index contributed by atoms with van der Waals surface area (Å²) in [6, 6.07) is 15.0. The van der Waals surface area contributed by atoms with E-state index in [0.717, 1.165) is 10.9 Å². The molecule has 0 aliphatic rings. The van der Waals surface area contributed by atoms with Crippen LogP contribution in [0.15, 0.2) is 60.9 Å². The minimum Gasteiger partial charge on any atom is -0.306 e. The van der Waals surface area contributed by atoms with E-state index in [4.69, 9.17) is 23.2 Å². The number of nitrogens with one attached hydrogen (secondary N) is 1. The molecule has 0 spiro atoms. The summed E-state index contributed by atoms with van der Waals surface area (Å²) in [5.74, 6) is 1.07. The molecule has 33 heavy (non-hydrogen) atoms. The highest BCUT2D eigenvalue weighted by molar-refractivity contribution is 6.35. The number of aromatic nitrogens is 6. The largest absolute Gasteiger partial charge is 0.306 e. The lowest BCUT2D eigenvalue weighted by Gasteiger charge is -2.10. The first-order chi connectivity index (χ1) is 15.9. The maximum absolute atomic E-state index is 13.1. The summed E-state index contributed by atoms with van der Waals surface area (Å²) in [7, 11) is 0. The van der Waals surface area contributed by atoms with Crippen molar-refractivity contribution in [3.8, 4) is 11.6 Å². The number of anilines is 1. The molecule has 0 fully saturated rings. The highest BCUT2D eigenvalue weighted by Crippen LogP contribution is 2.25. The number of carbonyl (C=O) groups excluding carboxylic acids is 1. The van der Waals surface area contributed by atoms with E-state index in [2.05, 4.69) is 25.5 Å². The molecule has 8 nitrogen and oxygen atoms in total. The zero-order valence-corrected chi connectivity index (χ0v) is 19.1. The first-order valence-corrected chi connectivity index (χ1v) is 10.8. The molecule has 0 aliphatic carbocycles. The van der Waals surface area contributed by atoms with Gasteiger partial charge in [-0.1, -0.05) is 41.4 Å². The van der Waals surface area contributed by atoms with Crippen LogP contribution < -0.4 is 5.32 Å². The second kappa shape index (κ2) is 8.31. The maximum Gasteiger partial charge on any atom is 0.260 e. The number of pyridine rings is 2. The van der Waals surface area contributed by atoms with Crippen molar-refractivity contribution in [1.82, 2.24) is 29.5 Å². The Morgan fingerprint density at radius 1 is 1.00 bits per heavy atom. The molecule has 0 atom stereocenters. The molecule has 164 valence electrons. The van der Waals surface area contributed by atoms with Crippen LogP contribution in [0.25, 0.3) is 22.5 Å². The van der Waals surface area contributed by atoms with Crippen molar-refractivity contribution in [3.63, 3.8) is 0 Å². The monoisotopic (exact) mass is 477 g/mol. The Morgan fingerprint density at radius 2 is 1.82 bits per heavy atom. The molecule has 5 rings (SSSR count). The first kappa shape index (κ1) is 21.1. The van der Waals surface area contributed by atoms with Crippen LogP contribution >= 0.6 is 23.2 Å². The molecule has 10 heteroatoms. The van der Waals surface area contributed by atoms with E-state index in [0.29, 0.717) is 44.5 Å². The molecule has 1 N–H and O–H groups in total. The molecule has 0 radical (unpaired) electrons. The summed E-state index contributed by atoms with van der Waals surface area (Å²) in [4.78, 5) is 22.0. The summed E-state index contributed by atoms with van der Waals surface area (Å²) < 4.78 is 3.11. The molecule has 4 aromatic heterocycles. The zero-order chi connectivity index (χ0) is 23.1. The minimum absolute atomic E-state index is 0.312. The predicted molar refractivity (Wildman–Crippen MR) is 128 cm³/mol. The quantitative estimate of drug-likeness (QED) is 0.385. The Hall–Kier alpha value is -3.75. The number of benzene rings is 1. The number of rotatable bonds is 4. The third kappa shape index (κ3) is 3.94. The number of para-hydroxylation sites is 1. The van der Waals surface area contributed by atoms with Crippen molar-refractivity contribution >= 4 is 45.8 Å². The van der Waals surface area contributed by atoms with Crippen molar-refractivity contribution in [3.05, 3.63) is 87.9 Å². The Kier molecular flexibility index (Phi) is 5.32. The molecule has 0 saturated heterocycles. The standard InChI is InChI=1S/C23H17Cl2N7O/c1-13-9-21(32(30-13)22-18(25)10-16(24)11-26-22)29-23(33)17-12-27-31(14(17)2)20-8-7-15-5-3-4-6-19(15)28-20/h3-12H,1-2H3,(H,29,33). The first-order valence-electron chi connectivity index (χ1n) is 10.0. The van der Waals surface area contributed by atoms with Crippen LogP contribution in [0.1, 0.15) is 21.7 Å². The minimum atomic E-state index is -0.342. The number of hydrogen-bond donors (Lipinski definition) is 1. The zero-order valence-electron chi connectivity index (χ0n) is 17.6. The molecule has 0 unspecified atom stereocenters. The van der Waals surface area contributed by atoms with E-state index >= 15 is 0 Å². The van der Waals surface area contributed by atoms with Crippen molar-refractivity contribution in [1.29, 1.82) is 0 Å². The van der Waals surface area contributed by atoms with Crippen LogP contribution in [-0.2, 0) is 0 Å². The second-order valence-electron chi connectivity index (χ2n) is 7.41. The van der Waals surface area contributed by atoms with Gasteiger partial charge in [-0.2, -0.15) is 14.9 Å². The van der Waals surface area contributed by atoms with Gasteiger partial charge in [-0.25, -0.2) is 14.6 Å². The lowest BCUT2D eigenvalue weighted by molar-refractivity contribution is 0.102. The van der Waals surface area contributed by atoms with Crippen LogP contribution in [0.3, 0.4) is 0 Å². The summed E-state index contributed by atoms with van der Waals surface area (Å²) >= 11 is 12.3. The maximum atomic E-state index is 13.1. The van der Waals surface area contributed by atoms with Crippen molar-refractivity contribution in [2.45, 2.75) is 13.8 Å². The van der Waals surface area contributed by atoms with Gasteiger partial charge in [0.2, 0.25) is 0 Å². The molecular weight excluding hydrogens is 461 g/mol. The average Bonchev–Trinajstić information content (AvgIpc) is 3.35. The lowest BCUT2D eigenvalue weighted by Crippen LogP contribution is -2.16. The van der Waals surface area contributed by atoms with Gasteiger partial charge in [0.05, 0.1) is 38.7 Å². The van der Waals surface area contributed by atoms with E-state index in [1.54, 1.807) is 16.8 Å². The fourth-order valence-electron chi connectivity index (χ4n) is 3.53. The molecule has 1 aromatic carbocycles. The lowest BCUT2D eigenvalue weighted by atomic mass is 10.2. The molecule has 1 amide bonds. The van der Waals surface area contributed by atoms with Crippen LogP contribution in [0.5, 0.6) is 0 Å². The highest BCUT2D eigenvalue weighted by Gasteiger charge is 2.20. The molecule has 0 bridgehead atoms. The fraction of sp³-hybridized carbons (Fsp3) is 0.0870. The smallest absolute Gasteiger partial charge is 0.260 e. The Morgan fingerprint density at radius 3 is 2.64 bits per heavy atom. The van der Waals surface area contributed by atoms with Gasteiger partial charge in [0, 0.05) is 17.6 Å². The van der Waals surface area contributed by atoms with Gasteiger partial charge >= 0.3 is 0 Å². The molecule has 0 saturated carbocycles. The normalized spacial score (nSPS) is 11.2. The van der Waals surface area contributed by atoms with Gasteiger partial charge in [0.25, 0.3) is 5.91 Å². The van der Waals surface area contributed by atoms with Gasteiger partial charge in [0.1, 0.15) is 5.82 Å². The van der Waals surface area contributed by atoms with Gasteiger partial charge in [0.15, 0.2) is 11.6 Å². The summed E-state index contributed by atoms with van der Waals surface area (Å²) in [5, 5.41) is 13.4. The van der Waals surface area contributed by atoms with Gasteiger partial charge in [-0.3, -0.25) is 4.79 Å².